The van der Waals surface area contributed by atoms with Crippen LogP contribution in [0.2, 0.25) is 10.0 Å². The van der Waals surface area contributed by atoms with Crippen LogP contribution < -0.4 is 15.0 Å². The molecule has 1 N–H and O–H groups in total. The smallest absolute Gasteiger partial charge is 0.227 e. The van der Waals surface area contributed by atoms with E-state index in [1.165, 1.54) is 6.33 Å². The fourth-order valence-electron chi connectivity index (χ4n) is 5.00. The highest BCUT2D eigenvalue weighted by Crippen LogP contribution is 2.45. The third-order valence-electron chi connectivity index (χ3n) is 7.19. The SMILES string of the molecule is COc1cc2ncnc(Nc3ccc(Cl)c(Cl)c3C)c2cc1N1CC2(CCN(C)CC2)CC1=O. The number of rotatable bonds is 4. The maximum Gasteiger partial charge on any atom is 0.227 e. The molecule has 2 aliphatic rings. The average molecular weight is 500 g/mol. The van der Waals surface area contributed by atoms with Crippen LogP contribution in [0.4, 0.5) is 17.2 Å². The van der Waals surface area contributed by atoms with Crippen LogP contribution in [0.3, 0.4) is 0 Å². The Morgan fingerprint density at radius 2 is 1.91 bits per heavy atom. The number of hydrogen-bond donors (Lipinski definition) is 1. The van der Waals surface area contributed by atoms with Gasteiger partial charge in [0.15, 0.2) is 0 Å². The third kappa shape index (κ3) is 4.06. The van der Waals surface area contributed by atoms with Crippen molar-refractivity contribution in [2.24, 2.45) is 5.41 Å². The van der Waals surface area contributed by atoms with Crippen molar-refractivity contribution in [3.05, 3.63) is 46.2 Å². The predicted octanol–water partition coefficient (Wildman–Crippen LogP) is 5.45. The number of carbonyl (C=O) groups excluding carboxylic acids is 1. The second-order valence-corrected chi connectivity index (χ2v) is 10.2. The molecule has 0 atom stereocenters. The summed E-state index contributed by atoms with van der Waals surface area (Å²) in [6, 6.07) is 7.44. The number of carbonyl (C=O) groups is 1. The molecule has 1 amide bonds. The van der Waals surface area contributed by atoms with E-state index < -0.39 is 0 Å². The van der Waals surface area contributed by atoms with Crippen LogP contribution in [0.15, 0.2) is 30.6 Å². The highest BCUT2D eigenvalue weighted by molar-refractivity contribution is 6.42. The largest absolute Gasteiger partial charge is 0.494 e. The summed E-state index contributed by atoms with van der Waals surface area (Å²) in [5.74, 6) is 1.38. The van der Waals surface area contributed by atoms with Crippen molar-refractivity contribution in [2.75, 3.05) is 44.0 Å². The van der Waals surface area contributed by atoms with E-state index in [0.717, 1.165) is 53.8 Å². The summed E-state index contributed by atoms with van der Waals surface area (Å²) in [6.07, 6.45) is 4.12. The fourth-order valence-corrected chi connectivity index (χ4v) is 5.37. The molecule has 0 unspecified atom stereocenters. The lowest BCUT2D eigenvalue weighted by Gasteiger charge is -2.37. The van der Waals surface area contributed by atoms with Gasteiger partial charge >= 0.3 is 0 Å². The van der Waals surface area contributed by atoms with Gasteiger partial charge < -0.3 is 19.9 Å². The molecule has 1 aromatic heterocycles. The Balaban J connectivity index is 1.55. The second-order valence-electron chi connectivity index (χ2n) is 9.38. The minimum Gasteiger partial charge on any atom is -0.494 e. The van der Waals surface area contributed by atoms with E-state index in [4.69, 9.17) is 27.9 Å². The standard InChI is InChI=1S/C25H27Cl2N5O2/c1-15-18(5-4-17(26)23(15)27)30-24-16-10-20(21(34-3)11-19(16)28-14-29-24)32-13-25(12-22(32)33)6-8-31(2)9-7-25/h4-5,10-11,14H,6-9,12-13H2,1-3H3,(H,28,29,30). The van der Waals surface area contributed by atoms with E-state index in [9.17, 15) is 4.79 Å². The Hall–Kier alpha value is -2.61. The summed E-state index contributed by atoms with van der Waals surface area (Å²) in [6.45, 7) is 4.63. The van der Waals surface area contributed by atoms with Crippen molar-refractivity contribution in [1.82, 2.24) is 14.9 Å². The molecule has 3 heterocycles. The van der Waals surface area contributed by atoms with Gasteiger partial charge in [0, 0.05) is 30.1 Å². The van der Waals surface area contributed by atoms with E-state index in [-0.39, 0.29) is 11.3 Å². The van der Waals surface area contributed by atoms with Crippen LogP contribution in [0.5, 0.6) is 5.75 Å². The van der Waals surface area contributed by atoms with Crippen molar-refractivity contribution < 1.29 is 9.53 Å². The predicted molar refractivity (Wildman–Crippen MR) is 137 cm³/mol. The maximum absolute atomic E-state index is 13.2. The van der Waals surface area contributed by atoms with E-state index in [1.54, 1.807) is 13.2 Å². The van der Waals surface area contributed by atoms with Gasteiger partial charge in [-0.1, -0.05) is 23.2 Å². The molecule has 2 aliphatic heterocycles. The first-order chi connectivity index (χ1) is 16.3. The number of benzene rings is 2. The number of piperidine rings is 1. The summed E-state index contributed by atoms with van der Waals surface area (Å²) in [5.41, 5.74) is 3.12. The minimum absolute atomic E-state index is 0.0228. The molecule has 0 saturated carbocycles. The number of likely N-dealkylation sites (tertiary alicyclic amines) is 1. The van der Waals surface area contributed by atoms with E-state index in [1.807, 2.05) is 30.0 Å². The first-order valence-corrected chi connectivity index (χ1v) is 12.1. The molecule has 2 saturated heterocycles. The number of fused-ring (bicyclic) bond motifs is 1. The van der Waals surface area contributed by atoms with Gasteiger partial charge in [-0.3, -0.25) is 4.79 Å². The minimum atomic E-state index is 0.0228. The van der Waals surface area contributed by atoms with Crippen LogP contribution in [0.1, 0.15) is 24.8 Å². The normalized spacial score (nSPS) is 18.1. The van der Waals surface area contributed by atoms with E-state index >= 15 is 0 Å². The van der Waals surface area contributed by atoms with E-state index in [2.05, 4.69) is 27.2 Å². The number of halogens is 2. The summed E-state index contributed by atoms with van der Waals surface area (Å²) in [4.78, 5) is 26.3. The molecule has 1 spiro atoms. The summed E-state index contributed by atoms with van der Waals surface area (Å²) >= 11 is 12.5. The third-order valence-corrected chi connectivity index (χ3v) is 8.09. The quantitative estimate of drug-likeness (QED) is 0.514. The first kappa shape index (κ1) is 23.1. The molecular formula is C25H27Cl2N5O2. The molecule has 34 heavy (non-hydrogen) atoms. The zero-order chi connectivity index (χ0) is 24.0. The van der Waals surface area contributed by atoms with Crippen molar-refractivity contribution in [1.29, 1.82) is 0 Å². The topological polar surface area (TPSA) is 70.6 Å². The van der Waals surface area contributed by atoms with Gasteiger partial charge in [0.25, 0.3) is 0 Å². The lowest BCUT2D eigenvalue weighted by atomic mass is 9.78. The zero-order valence-electron chi connectivity index (χ0n) is 19.5. The van der Waals surface area contributed by atoms with Gasteiger partial charge in [-0.2, -0.15) is 0 Å². The average Bonchev–Trinajstić information content (AvgIpc) is 3.16. The first-order valence-electron chi connectivity index (χ1n) is 11.3. The van der Waals surface area contributed by atoms with Crippen LogP contribution in [0.25, 0.3) is 10.9 Å². The highest BCUT2D eigenvalue weighted by atomic mass is 35.5. The fraction of sp³-hybridized carbons (Fsp3) is 0.400. The van der Waals surface area contributed by atoms with Gasteiger partial charge in [0.2, 0.25) is 5.91 Å². The lowest BCUT2D eigenvalue weighted by Crippen LogP contribution is -2.39. The number of anilines is 3. The van der Waals surface area contributed by atoms with Crippen LogP contribution in [-0.4, -0.2) is 54.6 Å². The number of aromatic nitrogens is 2. The van der Waals surface area contributed by atoms with Crippen molar-refractivity contribution >= 4 is 57.2 Å². The monoisotopic (exact) mass is 499 g/mol. The zero-order valence-corrected chi connectivity index (χ0v) is 21.0. The van der Waals surface area contributed by atoms with Crippen molar-refractivity contribution in [3.63, 3.8) is 0 Å². The Bertz CT molecular complexity index is 1270. The van der Waals surface area contributed by atoms with Gasteiger partial charge in [0.05, 0.1) is 28.4 Å². The van der Waals surface area contributed by atoms with Gasteiger partial charge in [0.1, 0.15) is 17.9 Å². The van der Waals surface area contributed by atoms with Gasteiger partial charge in [-0.25, -0.2) is 9.97 Å². The Kier molecular flexibility index (Phi) is 6.04. The number of amides is 1. The number of nitrogens with zero attached hydrogens (tertiary/aromatic N) is 4. The molecule has 7 nitrogen and oxygen atoms in total. The second kappa shape index (κ2) is 8.87. The molecule has 0 bridgehead atoms. The van der Waals surface area contributed by atoms with Crippen LogP contribution in [0, 0.1) is 12.3 Å². The molecule has 178 valence electrons. The lowest BCUT2D eigenvalue weighted by molar-refractivity contribution is -0.118. The number of hydrogen-bond acceptors (Lipinski definition) is 6. The van der Waals surface area contributed by atoms with Gasteiger partial charge in [-0.05, 0) is 69.1 Å². The Morgan fingerprint density at radius 3 is 2.65 bits per heavy atom. The highest BCUT2D eigenvalue weighted by Gasteiger charge is 2.45. The van der Waals surface area contributed by atoms with Gasteiger partial charge in [-0.15, -0.1) is 0 Å². The summed E-state index contributed by atoms with van der Waals surface area (Å²) < 4.78 is 5.70. The van der Waals surface area contributed by atoms with Crippen molar-refractivity contribution in [2.45, 2.75) is 26.2 Å². The van der Waals surface area contributed by atoms with Crippen molar-refractivity contribution in [3.8, 4) is 5.75 Å². The molecule has 0 aliphatic carbocycles. The Labute approximate surface area is 209 Å². The Morgan fingerprint density at radius 1 is 1.15 bits per heavy atom. The molecular weight excluding hydrogens is 473 g/mol. The molecule has 2 fully saturated rings. The van der Waals surface area contributed by atoms with E-state index in [0.29, 0.717) is 34.6 Å². The number of ether oxygens (including phenoxy) is 1. The summed E-state index contributed by atoms with van der Waals surface area (Å²) in [7, 11) is 3.76. The van der Waals surface area contributed by atoms with Crippen LogP contribution in [-0.2, 0) is 4.79 Å². The number of nitrogens with one attached hydrogen (secondary N) is 1. The molecule has 0 radical (unpaired) electrons. The summed E-state index contributed by atoms with van der Waals surface area (Å²) in [5, 5.41) is 5.16. The molecule has 3 aromatic rings. The molecule has 5 rings (SSSR count). The maximum atomic E-state index is 13.2. The molecule has 2 aromatic carbocycles. The number of methoxy groups -OCH3 is 1. The molecule has 9 heteroatoms. The van der Waals surface area contributed by atoms with Crippen LogP contribution >= 0.6 is 23.2 Å².